The van der Waals surface area contributed by atoms with Crippen molar-refractivity contribution in [3.63, 3.8) is 0 Å². The normalized spacial score (nSPS) is 11.0. The second-order valence-electron chi connectivity index (χ2n) is 5.25. The number of carbonyl (C=O) groups is 1. The minimum Gasteiger partial charge on any atom is -0.460 e. The number of hydrogen-bond acceptors (Lipinski definition) is 6. The molecule has 2 aromatic heterocycles. The van der Waals surface area contributed by atoms with Gasteiger partial charge in [0.25, 0.3) is 5.56 Å². The fourth-order valence-electron chi connectivity index (χ4n) is 2.51. The Morgan fingerprint density at radius 1 is 1.28 bits per heavy atom. The fraction of sp³-hybridized carbons (Fsp3) is 0.278. The Balaban J connectivity index is 1.98. The van der Waals surface area contributed by atoms with E-state index < -0.39 is 5.97 Å². The highest BCUT2D eigenvalue weighted by Gasteiger charge is 2.22. The molecule has 0 bridgehead atoms. The van der Waals surface area contributed by atoms with Crippen molar-refractivity contribution in [1.29, 1.82) is 0 Å². The molecule has 2 heterocycles. The number of thioether (sulfide) groups is 1. The predicted octanol–water partition coefficient (Wildman–Crippen LogP) is 3.48. The Labute approximate surface area is 148 Å². The molecule has 25 heavy (non-hydrogen) atoms. The maximum Gasteiger partial charge on any atom is 0.374 e. The summed E-state index contributed by atoms with van der Waals surface area (Å²) in [7, 11) is 0. The summed E-state index contributed by atoms with van der Waals surface area (Å²) in [5.74, 6) is 0.168. The summed E-state index contributed by atoms with van der Waals surface area (Å²) in [6, 6.07) is 8.90. The van der Waals surface area contributed by atoms with Crippen LogP contribution in [-0.2, 0) is 17.0 Å². The van der Waals surface area contributed by atoms with Crippen molar-refractivity contribution in [2.75, 3.05) is 6.61 Å². The maximum absolute atomic E-state index is 12.2. The zero-order chi connectivity index (χ0) is 17.8. The number of esters is 1. The van der Waals surface area contributed by atoms with Crippen molar-refractivity contribution in [3.05, 3.63) is 58.2 Å². The monoisotopic (exact) mass is 358 g/mol. The molecule has 3 aromatic rings. The molecule has 3 rings (SSSR count). The SMILES string of the molecule is CCOC(=O)c1oc2ccccc2c1CSc1nc(=O)ccn1CC. The van der Waals surface area contributed by atoms with Gasteiger partial charge in [0.1, 0.15) is 5.58 Å². The van der Waals surface area contributed by atoms with Gasteiger partial charge in [-0.3, -0.25) is 4.79 Å². The number of aromatic nitrogens is 2. The van der Waals surface area contributed by atoms with E-state index in [-0.39, 0.29) is 17.9 Å². The van der Waals surface area contributed by atoms with Gasteiger partial charge >= 0.3 is 5.97 Å². The van der Waals surface area contributed by atoms with E-state index in [0.717, 1.165) is 10.9 Å². The molecule has 0 aliphatic rings. The van der Waals surface area contributed by atoms with E-state index in [1.807, 2.05) is 35.8 Å². The van der Waals surface area contributed by atoms with Crippen molar-refractivity contribution in [3.8, 4) is 0 Å². The molecule has 1 aromatic carbocycles. The molecule has 0 unspecified atom stereocenters. The first-order valence-corrected chi connectivity index (χ1v) is 9.00. The van der Waals surface area contributed by atoms with Crippen LogP contribution in [-0.4, -0.2) is 22.1 Å². The third kappa shape index (κ3) is 3.61. The Morgan fingerprint density at radius 2 is 2.08 bits per heavy atom. The molecule has 6 nitrogen and oxygen atoms in total. The van der Waals surface area contributed by atoms with Gasteiger partial charge in [0.15, 0.2) is 5.16 Å². The topological polar surface area (TPSA) is 74.3 Å². The number of ether oxygens (including phenoxy) is 1. The van der Waals surface area contributed by atoms with Crippen LogP contribution >= 0.6 is 11.8 Å². The van der Waals surface area contributed by atoms with Crippen LogP contribution in [0, 0.1) is 0 Å². The van der Waals surface area contributed by atoms with Crippen LogP contribution < -0.4 is 5.56 Å². The standard InChI is InChI=1S/C18H18N2O4S/c1-3-20-10-9-15(21)19-18(20)25-11-13-12-7-5-6-8-14(12)24-16(13)17(22)23-4-2/h5-10H,3-4,11H2,1-2H3. The third-order valence-corrected chi connectivity index (χ3v) is 4.71. The highest BCUT2D eigenvalue weighted by molar-refractivity contribution is 7.98. The summed E-state index contributed by atoms with van der Waals surface area (Å²) >= 11 is 1.39. The van der Waals surface area contributed by atoms with Crippen molar-refractivity contribution < 1.29 is 13.9 Å². The van der Waals surface area contributed by atoms with Crippen LogP contribution in [0.3, 0.4) is 0 Å². The van der Waals surface area contributed by atoms with Crippen molar-refractivity contribution >= 4 is 28.7 Å². The van der Waals surface area contributed by atoms with Crippen molar-refractivity contribution in [2.45, 2.75) is 31.3 Å². The molecule has 0 amide bonds. The molecule has 0 fully saturated rings. The van der Waals surface area contributed by atoms with Crippen LogP contribution in [0.4, 0.5) is 0 Å². The minimum atomic E-state index is -0.483. The van der Waals surface area contributed by atoms with Crippen LogP contribution in [0.1, 0.15) is 30.0 Å². The van der Waals surface area contributed by atoms with Gasteiger partial charge < -0.3 is 13.7 Å². The largest absolute Gasteiger partial charge is 0.460 e. The minimum absolute atomic E-state index is 0.205. The summed E-state index contributed by atoms with van der Waals surface area (Å²) in [5, 5.41) is 1.47. The summed E-state index contributed by atoms with van der Waals surface area (Å²) in [6.45, 7) is 4.71. The Bertz CT molecular complexity index is 961. The number of rotatable bonds is 6. The summed E-state index contributed by atoms with van der Waals surface area (Å²) in [5.41, 5.74) is 1.10. The lowest BCUT2D eigenvalue weighted by Crippen LogP contribution is -2.12. The van der Waals surface area contributed by atoms with Gasteiger partial charge in [0.2, 0.25) is 5.76 Å². The first kappa shape index (κ1) is 17.3. The van der Waals surface area contributed by atoms with Gasteiger partial charge in [0, 0.05) is 35.5 Å². The smallest absolute Gasteiger partial charge is 0.374 e. The second-order valence-corrected chi connectivity index (χ2v) is 6.19. The number of benzene rings is 1. The average molecular weight is 358 g/mol. The molecule has 0 aliphatic heterocycles. The van der Waals surface area contributed by atoms with Crippen molar-refractivity contribution in [2.24, 2.45) is 0 Å². The van der Waals surface area contributed by atoms with Crippen LogP contribution in [0.5, 0.6) is 0 Å². The van der Waals surface area contributed by atoms with Gasteiger partial charge in [0.05, 0.1) is 6.61 Å². The molecule has 0 spiro atoms. The average Bonchev–Trinajstić information content (AvgIpc) is 2.99. The molecule has 130 valence electrons. The number of nitrogens with zero attached hydrogens (tertiary/aromatic N) is 2. The van der Waals surface area contributed by atoms with E-state index in [2.05, 4.69) is 4.98 Å². The van der Waals surface area contributed by atoms with Gasteiger partial charge in [-0.25, -0.2) is 4.79 Å². The third-order valence-electron chi connectivity index (χ3n) is 3.69. The molecular weight excluding hydrogens is 340 g/mol. The van der Waals surface area contributed by atoms with E-state index in [1.165, 1.54) is 17.8 Å². The Hall–Kier alpha value is -2.54. The quantitative estimate of drug-likeness (QED) is 0.381. The van der Waals surface area contributed by atoms with Gasteiger partial charge in [-0.1, -0.05) is 30.0 Å². The van der Waals surface area contributed by atoms with E-state index in [4.69, 9.17) is 9.15 Å². The molecule has 0 N–H and O–H groups in total. The number of hydrogen-bond donors (Lipinski definition) is 0. The lowest BCUT2D eigenvalue weighted by molar-refractivity contribution is 0.0491. The number of para-hydroxylation sites is 1. The van der Waals surface area contributed by atoms with Crippen molar-refractivity contribution in [1.82, 2.24) is 9.55 Å². The lowest BCUT2D eigenvalue weighted by Gasteiger charge is -2.09. The zero-order valence-corrected chi connectivity index (χ0v) is 14.8. The van der Waals surface area contributed by atoms with E-state index in [0.29, 0.717) is 23.0 Å². The Morgan fingerprint density at radius 3 is 2.84 bits per heavy atom. The highest BCUT2D eigenvalue weighted by Crippen LogP contribution is 2.31. The van der Waals surface area contributed by atoms with Gasteiger partial charge in [-0.05, 0) is 19.9 Å². The molecule has 0 saturated carbocycles. The van der Waals surface area contributed by atoms with E-state index in [1.54, 1.807) is 13.1 Å². The lowest BCUT2D eigenvalue weighted by atomic mass is 10.1. The zero-order valence-electron chi connectivity index (χ0n) is 14.0. The molecule has 7 heteroatoms. The molecular formula is C18H18N2O4S. The number of furan rings is 1. The number of fused-ring (bicyclic) bond motifs is 1. The van der Waals surface area contributed by atoms with Crippen LogP contribution in [0.25, 0.3) is 11.0 Å². The first-order chi connectivity index (χ1) is 12.1. The number of aryl methyl sites for hydroxylation is 1. The van der Waals surface area contributed by atoms with Gasteiger partial charge in [-0.2, -0.15) is 4.98 Å². The summed E-state index contributed by atoms with van der Waals surface area (Å²) < 4.78 is 12.7. The van der Waals surface area contributed by atoms with Crippen LogP contribution in [0.2, 0.25) is 0 Å². The summed E-state index contributed by atoms with van der Waals surface area (Å²) in [4.78, 5) is 27.8. The maximum atomic E-state index is 12.2. The predicted molar refractivity (Wildman–Crippen MR) is 95.9 cm³/mol. The molecule has 0 aliphatic carbocycles. The fourth-order valence-corrected chi connectivity index (χ4v) is 3.58. The van der Waals surface area contributed by atoms with Gasteiger partial charge in [-0.15, -0.1) is 0 Å². The molecule has 0 atom stereocenters. The molecule has 0 radical (unpaired) electrons. The summed E-state index contributed by atoms with van der Waals surface area (Å²) in [6.07, 6.45) is 1.72. The second kappa shape index (κ2) is 7.57. The molecule has 0 saturated heterocycles. The van der Waals surface area contributed by atoms with Crippen LogP contribution in [0.15, 0.2) is 50.9 Å². The number of carbonyl (C=O) groups excluding carboxylic acids is 1. The van der Waals surface area contributed by atoms with E-state index >= 15 is 0 Å². The highest BCUT2D eigenvalue weighted by atomic mass is 32.2. The Kier molecular flexibility index (Phi) is 5.23. The van der Waals surface area contributed by atoms with E-state index in [9.17, 15) is 9.59 Å². The first-order valence-electron chi connectivity index (χ1n) is 8.01.